The summed E-state index contributed by atoms with van der Waals surface area (Å²) in [7, 11) is 0. The predicted molar refractivity (Wildman–Crippen MR) is 148 cm³/mol. The Morgan fingerprint density at radius 2 is 1.70 bits per heavy atom. The zero-order valence-corrected chi connectivity index (χ0v) is 22.8. The van der Waals surface area contributed by atoms with Crippen LogP contribution in [0.15, 0.2) is 67.2 Å². The highest BCUT2D eigenvalue weighted by Gasteiger charge is 2.49. The van der Waals surface area contributed by atoms with Crippen molar-refractivity contribution in [3.05, 3.63) is 76.2 Å². The molecule has 0 atom stereocenters. The monoisotopic (exact) mass is 540 g/mol. The second kappa shape index (κ2) is 10.7. The number of hydrogen-bond acceptors (Lipinski definition) is 8. The fourth-order valence-corrected chi connectivity index (χ4v) is 5.67. The summed E-state index contributed by atoms with van der Waals surface area (Å²) in [6, 6.07) is 16.2. The third kappa shape index (κ3) is 4.89. The number of rotatable bonds is 9. The lowest BCUT2D eigenvalue weighted by Gasteiger charge is -2.23. The molecule has 40 heavy (non-hydrogen) atoms. The Hall–Kier alpha value is -4.34. The predicted octanol–water partition coefficient (Wildman–Crippen LogP) is 5.15. The van der Waals surface area contributed by atoms with Gasteiger partial charge in [-0.2, -0.15) is 4.80 Å². The number of benzene rings is 2. The quantitative estimate of drug-likeness (QED) is 0.288. The van der Waals surface area contributed by atoms with Gasteiger partial charge in [-0.05, 0) is 48.1 Å². The molecule has 0 saturated heterocycles. The van der Waals surface area contributed by atoms with Crippen LogP contribution in [0.1, 0.15) is 69.0 Å². The van der Waals surface area contributed by atoms with Crippen molar-refractivity contribution in [1.29, 1.82) is 0 Å². The van der Waals surface area contributed by atoms with E-state index in [0.29, 0.717) is 23.9 Å². The van der Waals surface area contributed by atoms with Crippen LogP contribution in [0.3, 0.4) is 0 Å². The third-order valence-corrected chi connectivity index (χ3v) is 7.83. The van der Waals surface area contributed by atoms with Crippen molar-refractivity contribution in [2.45, 2.75) is 77.4 Å². The largest absolute Gasteiger partial charge is 0.519 e. The normalized spacial score (nSPS) is 16.3. The van der Waals surface area contributed by atoms with Crippen molar-refractivity contribution in [3.63, 3.8) is 0 Å². The summed E-state index contributed by atoms with van der Waals surface area (Å²) < 4.78 is 9.98. The Morgan fingerprint density at radius 3 is 2.40 bits per heavy atom. The standard InChI is InChI=1S/C30H32N6O4/c1-3-4-11-26-31-30(16-7-8-17-30)28(37)35(26)18-21-12-14-22(15-13-21)23-9-5-6-10-24(23)27-32-34-36(33-27)19-25-20(2)39-29(38)40-25/h5-6,9-10,12-15H,3-4,7-8,11,16-19H2,1-2H3. The van der Waals surface area contributed by atoms with Gasteiger partial charge in [0.1, 0.15) is 23.7 Å². The van der Waals surface area contributed by atoms with Crippen LogP contribution in [0.2, 0.25) is 0 Å². The van der Waals surface area contributed by atoms with Gasteiger partial charge in [0.05, 0.1) is 6.54 Å². The van der Waals surface area contributed by atoms with Gasteiger partial charge in [-0.15, -0.1) is 10.2 Å². The van der Waals surface area contributed by atoms with Gasteiger partial charge in [0.25, 0.3) is 5.91 Å². The highest BCUT2D eigenvalue weighted by atomic mass is 16.6. The summed E-state index contributed by atoms with van der Waals surface area (Å²) in [5.41, 5.74) is 3.35. The number of aryl methyl sites for hydroxylation is 1. The van der Waals surface area contributed by atoms with Crippen molar-refractivity contribution in [1.82, 2.24) is 25.1 Å². The number of unbranched alkanes of at least 4 members (excludes halogenated alkanes) is 1. The minimum absolute atomic E-state index is 0.140. The van der Waals surface area contributed by atoms with E-state index in [-0.39, 0.29) is 12.5 Å². The van der Waals surface area contributed by atoms with Gasteiger partial charge in [0, 0.05) is 12.0 Å². The Morgan fingerprint density at radius 1 is 0.950 bits per heavy atom. The van der Waals surface area contributed by atoms with Crippen LogP contribution in [0.25, 0.3) is 22.5 Å². The number of amidine groups is 1. The molecule has 1 aliphatic carbocycles. The van der Waals surface area contributed by atoms with Gasteiger partial charge >= 0.3 is 5.82 Å². The number of tetrazole rings is 1. The summed E-state index contributed by atoms with van der Waals surface area (Å²) in [6.45, 7) is 4.49. The number of aliphatic imine (C=N–C) groups is 1. The number of hydrogen-bond donors (Lipinski definition) is 0. The lowest BCUT2D eigenvalue weighted by Crippen LogP contribution is -2.40. The first-order valence-corrected chi connectivity index (χ1v) is 13.9. The van der Waals surface area contributed by atoms with Crippen molar-refractivity contribution in [3.8, 4) is 22.5 Å². The fraction of sp³-hybridized carbons (Fsp3) is 0.400. The highest BCUT2D eigenvalue weighted by Crippen LogP contribution is 2.40. The van der Waals surface area contributed by atoms with Crippen molar-refractivity contribution < 1.29 is 13.6 Å². The van der Waals surface area contributed by atoms with Crippen LogP contribution in [-0.4, -0.2) is 42.4 Å². The van der Waals surface area contributed by atoms with Gasteiger partial charge < -0.3 is 8.83 Å². The molecule has 10 heteroatoms. The molecule has 1 amide bonds. The first-order valence-electron chi connectivity index (χ1n) is 13.9. The van der Waals surface area contributed by atoms with Gasteiger partial charge in [-0.25, -0.2) is 4.79 Å². The maximum absolute atomic E-state index is 13.5. The summed E-state index contributed by atoms with van der Waals surface area (Å²) in [5.74, 6) is 1.58. The van der Waals surface area contributed by atoms with E-state index in [2.05, 4.69) is 46.6 Å². The van der Waals surface area contributed by atoms with Gasteiger partial charge in [-0.1, -0.05) is 74.7 Å². The molecule has 0 radical (unpaired) electrons. The SMILES string of the molecule is CCCCC1=NC2(CCCC2)C(=O)N1Cc1ccc(-c2ccccc2-c2nnn(Cc3oc(=O)oc3C)n2)cc1. The van der Waals surface area contributed by atoms with Crippen LogP contribution in [0, 0.1) is 6.92 Å². The molecule has 206 valence electrons. The van der Waals surface area contributed by atoms with Crippen molar-refractivity contribution in [2.75, 3.05) is 0 Å². The van der Waals surface area contributed by atoms with E-state index in [1.54, 1.807) is 6.92 Å². The molecule has 2 aromatic heterocycles. The van der Waals surface area contributed by atoms with Crippen molar-refractivity contribution >= 4 is 11.7 Å². The van der Waals surface area contributed by atoms with Crippen LogP contribution in [0.4, 0.5) is 0 Å². The van der Waals surface area contributed by atoms with Crippen LogP contribution in [-0.2, 0) is 17.9 Å². The summed E-state index contributed by atoms with van der Waals surface area (Å²) in [6.07, 6.45) is 6.81. The Bertz CT molecular complexity index is 1610. The lowest BCUT2D eigenvalue weighted by molar-refractivity contribution is -0.131. The highest BCUT2D eigenvalue weighted by molar-refractivity contribution is 6.08. The molecule has 0 bridgehead atoms. The van der Waals surface area contributed by atoms with E-state index < -0.39 is 11.4 Å². The van der Waals surface area contributed by atoms with E-state index >= 15 is 0 Å². The van der Waals surface area contributed by atoms with Crippen LogP contribution >= 0.6 is 0 Å². The molecule has 2 aliphatic rings. The molecule has 1 aliphatic heterocycles. The van der Waals surface area contributed by atoms with E-state index in [0.717, 1.165) is 73.0 Å². The molecule has 1 saturated carbocycles. The number of amides is 1. The Labute approximate surface area is 231 Å². The van der Waals surface area contributed by atoms with E-state index in [1.807, 2.05) is 29.2 Å². The second-order valence-corrected chi connectivity index (χ2v) is 10.6. The van der Waals surface area contributed by atoms with Gasteiger partial charge in [-0.3, -0.25) is 14.7 Å². The maximum Gasteiger partial charge on any atom is 0.519 e. The zero-order chi connectivity index (χ0) is 27.7. The molecule has 0 unspecified atom stereocenters. The molecule has 10 nitrogen and oxygen atoms in total. The average molecular weight is 541 g/mol. The lowest BCUT2D eigenvalue weighted by atomic mass is 9.97. The summed E-state index contributed by atoms with van der Waals surface area (Å²) in [5, 5.41) is 12.9. The smallest absolute Gasteiger partial charge is 0.396 e. The number of carbonyl (C=O) groups excluding carboxylic acids is 1. The average Bonchev–Trinajstić information content (AvgIpc) is 3.74. The molecule has 3 heterocycles. The Kier molecular flexibility index (Phi) is 6.91. The molecule has 2 aromatic carbocycles. The first kappa shape index (κ1) is 25.9. The first-order chi connectivity index (χ1) is 19.5. The molecule has 1 fully saturated rings. The molecule has 0 N–H and O–H groups in total. The van der Waals surface area contributed by atoms with E-state index in [4.69, 9.17) is 13.8 Å². The van der Waals surface area contributed by atoms with E-state index in [1.165, 1.54) is 4.80 Å². The molecule has 4 aromatic rings. The molecule has 1 spiro atoms. The van der Waals surface area contributed by atoms with E-state index in [9.17, 15) is 9.59 Å². The third-order valence-electron chi connectivity index (χ3n) is 7.83. The summed E-state index contributed by atoms with van der Waals surface area (Å²) in [4.78, 5) is 33.2. The Balaban J connectivity index is 1.21. The molecular weight excluding hydrogens is 508 g/mol. The summed E-state index contributed by atoms with van der Waals surface area (Å²) >= 11 is 0. The minimum atomic E-state index is -0.752. The fourth-order valence-electron chi connectivity index (χ4n) is 5.67. The van der Waals surface area contributed by atoms with Crippen LogP contribution < -0.4 is 5.82 Å². The number of carbonyl (C=O) groups is 1. The van der Waals surface area contributed by atoms with Gasteiger partial charge in [0.15, 0.2) is 5.76 Å². The topological polar surface area (TPSA) is 120 Å². The second-order valence-electron chi connectivity index (χ2n) is 10.6. The number of aromatic nitrogens is 4. The minimum Gasteiger partial charge on any atom is -0.396 e. The molecule has 6 rings (SSSR count). The van der Waals surface area contributed by atoms with Crippen LogP contribution in [0.5, 0.6) is 0 Å². The molecular formula is C30H32N6O4. The number of nitrogens with zero attached hydrogens (tertiary/aromatic N) is 6. The maximum atomic E-state index is 13.5. The van der Waals surface area contributed by atoms with Crippen molar-refractivity contribution in [2.24, 2.45) is 4.99 Å². The van der Waals surface area contributed by atoms with Gasteiger partial charge in [0.2, 0.25) is 5.82 Å². The zero-order valence-electron chi connectivity index (χ0n) is 22.8.